The van der Waals surface area contributed by atoms with Gasteiger partial charge in [0, 0.05) is 12.1 Å². The monoisotopic (exact) mass is 273 g/mol. The number of hydrazone groups is 1. The van der Waals surface area contributed by atoms with E-state index in [4.69, 9.17) is 23.4 Å². The minimum atomic E-state index is 0.220. The maximum Gasteiger partial charge on any atom is 0.187 e. The maximum atomic E-state index is 5.39. The lowest BCUT2D eigenvalue weighted by atomic mass is 10.2. The van der Waals surface area contributed by atoms with Crippen LogP contribution in [0.1, 0.15) is 5.56 Å². The molecule has 19 heavy (non-hydrogen) atoms. The SMILES string of the molecule is C#CCOc1ccccc1/C=N\NC(=S)NCC=C. The Labute approximate surface area is 118 Å². The molecule has 0 aliphatic rings. The van der Waals surface area contributed by atoms with E-state index in [2.05, 4.69) is 28.3 Å². The number of rotatable bonds is 6. The van der Waals surface area contributed by atoms with E-state index in [9.17, 15) is 0 Å². The number of para-hydroxylation sites is 1. The number of nitrogens with zero attached hydrogens (tertiary/aromatic N) is 1. The zero-order valence-corrected chi connectivity index (χ0v) is 11.2. The van der Waals surface area contributed by atoms with Crippen LogP contribution in [0.3, 0.4) is 0 Å². The Balaban J connectivity index is 2.58. The molecule has 0 aromatic heterocycles. The molecule has 5 heteroatoms. The van der Waals surface area contributed by atoms with Gasteiger partial charge in [-0.3, -0.25) is 5.43 Å². The zero-order chi connectivity index (χ0) is 13.9. The molecule has 0 heterocycles. The highest BCUT2D eigenvalue weighted by Crippen LogP contribution is 2.15. The van der Waals surface area contributed by atoms with Crippen molar-refractivity contribution in [2.24, 2.45) is 5.10 Å². The molecule has 2 N–H and O–H groups in total. The van der Waals surface area contributed by atoms with Crippen molar-refractivity contribution in [3.8, 4) is 18.1 Å². The molecule has 0 aliphatic heterocycles. The van der Waals surface area contributed by atoms with Crippen molar-refractivity contribution in [2.75, 3.05) is 13.2 Å². The van der Waals surface area contributed by atoms with Crippen molar-refractivity contribution in [3.63, 3.8) is 0 Å². The highest BCUT2D eigenvalue weighted by atomic mass is 32.1. The third-order valence-corrected chi connectivity index (χ3v) is 2.24. The molecule has 1 rings (SSSR count). The molecule has 0 radical (unpaired) electrons. The van der Waals surface area contributed by atoms with Gasteiger partial charge < -0.3 is 10.1 Å². The third-order valence-electron chi connectivity index (χ3n) is 2.01. The van der Waals surface area contributed by atoms with Gasteiger partial charge >= 0.3 is 0 Å². The predicted octanol–water partition coefficient (Wildman–Crippen LogP) is 1.68. The smallest absolute Gasteiger partial charge is 0.187 e. The van der Waals surface area contributed by atoms with Crippen LogP contribution in [0.15, 0.2) is 42.0 Å². The van der Waals surface area contributed by atoms with Crippen molar-refractivity contribution >= 4 is 23.5 Å². The second-order valence-electron chi connectivity index (χ2n) is 3.40. The van der Waals surface area contributed by atoms with Gasteiger partial charge in [0.1, 0.15) is 12.4 Å². The van der Waals surface area contributed by atoms with Crippen molar-refractivity contribution < 1.29 is 4.74 Å². The van der Waals surface area contributed by atoms with Crippen molar-refractivity contribution in [1.29, 1.82) is 0 Å². The quantitative estimate of drug-likeness (QED) is 0.272. The summed E-state index contributed by atoms with van der Waals surface area (Å²) in [6.07, 6.45) is 8.49. The predicted molar refractivity (Wildman–Crippen MR) is 82.3 cm³/mol. The summed E-state index contributed by atoms with van der Waals surface area (Å²) in [5.74, 6) is 3.10. The van der Waals surface area contributed by atoms with Crippen LogP contribution in [0, 0.1) is 12.3 Å². The summed E-state index contributed by atoms with van der Waals surface area (Å²) in [7, 11) is 0. The number of hydrogen-bond donors (Lipinski definition) is 2. The van der Waals surface area contributed by atoms with Crippen LogP contribution < -0.4 is 15.5 Å². The molecule has 0 atom stereocenters. The Hall–Kier alpha value is -2.32. The highest BCUT2D eigenvalue weighted by molar-refractivity contribution is 7.80. The lowest BCUT2D eigenvalue weighted by Gasteiger charge is -2.06. The van der Waals surface area contributed by atoms with Gasteiger partial charge in [-0.05, 0) is 24.4 Å². The second kappa shape index (κ2) is 8.72. The Morgan fingerprint density at radius 3 is 3.05 bits per heavy atom. The maximum absolute atomic E-state index is 5.39. The van der Waals surface area contributed by atoms with Gasteiger partial charge in [-0.15, -0.1) is 13.0 Å². The fraction of sp³-hybridized carbons (Fsp3) is 0.143. The topological polar surface area (TPSA) is 45.6 Å². The number of hydrogen-bond acceptors (Lipinski definition) is 3. The number of terminal acetylenes is 1. The van der Waals surface area contributed by atoms with Crippen LogP contribution in [0.4, 0.5) is 0 Å². The molecule has 0 saturated heterocycles. The molecule has 0 amide bonds. The van der Waals surface area contributed by atoms with Crippen molar-refractivity contribution in [2.45, 2.75) is 0 Å². The molecule has 1 aromatic rings. The molecule has 0 aliphatic carbocycles. The van der Waals surface area contributed by atoms with E-state index < -0.39 is 0 Å². The van der Waals surface area contributed by atoms with E-state index in [0.717, 1.165) is 5.56 Å². The molecule has 98 valence electrons. The average Bonchev–Trinajstić information content (AvgIpc) is 2.44. The normalized spacial score (nSPS) is 9.63. The minimum absolute atomic E-state index is 0.220. The van der Waals surface area contributed by atoms with E-state index in [1.54, 1.807) is 12.3 Å². The fourth-order valence-corrected chi connectivity index (χ4v) is 1.34. The molecule has 0 fully saturated rings. The largest absolute Gasteiger partial charge is 0.480 e. The lowest BCUT2D eigenvalue weighted by Crippen LogP contribution is -2.31. The molecular formula is C14H15N3OS. The van der Waals surface area contributed by atoms with Crippen molar-refractivity contribution in [3.05, 3.63) is 42.5 Å². The second-order valence-corrected chi connectivity index (χ2v) is 3.81. The van der Waals surface area contributed by atoms with E-state index in [0.29, 0.717) is 17.4 Å². The fourth-order valence-electron chi connectivity index (χ4n) is 1.20. The summed E-state index contributed by atoms with van der Waals surface area (Å²) in [6.45, 7) is 4.39. The number of ether oxygens (including phenoxy) is 1. The molecular weight excluding hydrogens is 258 g/mol. The van der Waals surface area contributed by atoms with Crippen LogP contribution in [0.25, 0.3) is 0 Å². The number of benzene rings is 1. The van der Waals surface area contributed by atoms with Crippen LogP contribution in [0.2, 0.25) is 0 Å². The summed E-state index contributed by atoms with van der Waals surface area (Å²) in [5, 5.41) is 7.35. The van der Waals surface area contributed by atoms with Gasteiger partial charge in [-0.2, -0.15) is 5.10 Å². The number of nitrogens with one attached hydrogen (secondary N) is 2. The summed E-state index contributed by atoms with van der Waals surface area (Å²) < 4.78 is 5.39. The summed E-state index contributed by atoms with van der Waals surface area (Å²) in [5.41, 5.74) is 3.51. The molecule has 0 spiro atoms. The van der Waals surface area contributed by atoms with Crippen LogP contribution in [-0.4, -0.2) is 24.5 Å². The van der Waals surface area contributed by atoms with Crippen LogP contribution >= 0.6 is 12.2 Å². The van der Waals surface area contributed by atoms with Crippen molar-refractivity contribution in [1.82, 2.24) is 10.7 Å². The highest BCUT2D eigenvalue weighted by Gasteiger charge is 1.99. The van der Waals surface area contributed by atoms with E-state index >= 15 is 0 Å². The lowest BCUT2D eigenvalue weighted by molar-refractivity contribution is 0.370. The van der Waals surface area contributed by atoms with E-state index in [1.807, 2.05) is 24.3 Å². The average molecular weight is 273 g/mol. The Morgan fingerprint density at radius 1 is 1.53 bits per heavy atom. The Kier molecular flexibility index (Phi) is 6.77. The van der Waals surface area contributed by atoms with Gasteiger partial charge in [-0.1, -0.05) is 24.1 Å². The van der Waals surface area contributed by atoms with Gasteiger partial charge in [0.2, 0.25) is 0 Å². The first kappa shape index (κ1) is 14.7. The van der Waals surface area contributed by atoms with Gasteiger partial charge in [0.05, 0.1) is 6.21 Å². The molecule has 1 aromatic carbocycles. The van der Waals surface area contributed by atoms with Gasteiger partial charge in [-0.25, -0.2) is 0 Å². The van der Waals surface area contributed by atoms with E-state index in [-0.39, 0.29) is 6.61 Å². The summed E-state index contributed by atoms with van der Waals surface area (Å²) in [6, 6.07) is 7.45. The molecule has 0 saturated carbocycles. The van der Waals surface area contributed by atoms with E-state index in [1.165, 1.54) is 0 Å². The Morgan fingerprint density at radius 2 is 2.32 bits per heavy atom. The molecule has 0 bridgehead atoms. The first-order valence-electron chi connectivity index (χ1n) is 5.61. The molecule has 0 unspecified atom stereocenters. The first-order valence-corrected chi connectivity index (χ1v) is 6.02. The zero-order valence-electron chi connectivity index (χ0n) is 10.4. The minimum Gasteiger partial charge on any atom is -0.480 e. The third kappa shape index (κ3) is 5.70. The molecule has 4 nitrogen and oxygen atoms in total. The Bertz CT molecular complexity index is 506. The van der Waals surface area contributed by atoms with Crippen LogP contribution in [0.5, 0.6) is 5.75 Å². The van der Waals surface area contributed by atoms with Gasteiger partial charge in [0.25, 0.3) is 0 Å². The standard InChI is InChI=1S/C14H15N3OS/c1-3-9-15-14(19)17-16-11-12-7-5-6-8-13(12)18-10-4-2/h2-3,5-8,11H,1,9-10H2,(H2,15,17,19)/b16-11-. The number of thiocarbonyl (C=S) groups is 1. The van der Waals surface area contributed by atoms with Gasteiger partial charge in [0.15, 0.2) is 5.11 Å². The summed E-state index contributed by atoms with van der Waals surface area (Å²) >= 11 is 5.00. The summed E-state index contributed by atoms with van der Waals surface area (Å²) in [4.78, 5) is 0. The first-order chi connectivity index (χ1) is 9.27. The van der Waals surface area contributed by atoms with Crippen LogP contribution in [-0.2, 0) is 0 Å².